The van der Waals surface area contributed by atoms with Gasteiger partial charge in [-0.2, -0.15) is 0 Å². The molecule has 0 saturated carbocycles. The van der Waals surface area contributed by atoms with Crippen LogP contribution in [0.4, 0.5) is 0 Å². The van der Waals surface area contributed by atoms with Crippen molar-refractivity contribution in [2.75, 3.05) is 19.8 Å². The molecule has 4 N–H and O–H groups in total. The Kier molecular flexibility index (Phi) is 38.7. The van der Waals surface area contributed by atoms with Crippen molar-refractivity contribution in [1.82, 2.24) is 0 Å². The van der Waals surface area contributed by atoms with Crippen LogP contribution in [-0.4, -0.2) is 89.0 Å². The number of allylic oxidation sites excluding steroid dienone is 8. The lowest BCUT2D eigenvalue weighted by molar-refractivity contribution is -0.305. The molecule has 0 aromatic carbocycles. The monoisotopic (exact) mass is 863 g/mol. The van der Waals surface area contributed by atoms with E-state index in [0.717, 1.165) is 51.4 Å². The SMILES string of the molecule is CCCCC/C=C/C/C=C/CCCCCCCCCCCC(=O)OC[C@@H](CO[C@H]1O[C@@H](CO)[C@@H](O)C(O)C1O)OC(=O)CCC/C=C/C/C=C/CCCCCCCCCCC. The van der Waals surface area contributed by atoms with Crippen LogP contribution in [0.15, 0.2) is 48.6 Å². The quantitative estimate of drug-likeness (QED) is 0.0265. The first kappa shape index (κ1) is 56.7. The minimum absolute atomic E-state index is 0.165. The maximum atomic E-state index is 12.8. The molecule has 0 spiro atoms. The van der Waals surface area contributed by atoms with Gasteiger partial charge in [0.1, 0.15) is 31.0 Å². The van der Waals surface area contributed by atoms with Gasteiger partial charge < -0.3 is 39.4 Å². The maximum Gasteiger partial charge on any atom is 0.306 e. The third kappa shape index (κ3) is 32.9. The molecule has 1 aliphatic heterocycles. The molecule has 0 radical (unpaired) electrons. The van der Waals surface area contributed by atoms with Gasteiger partial charge in [0.25, 0.3) is 0 Å². The van der Waals surface area contributed by atoms with Crippen molar-refractivity contribution in [2.45, 2.75) is 243 Å². The van der Waals surface area contributed by atoms with Crippen LogP contribution < -0.4 is 0 Å². The summed E-state index contributed by atoms with van der Waals surface area (Å²) < 4.78 is 22.2. The number of ether oxygens (including phenoxy) is 4. The van der Waals surface area contributed by atoms with Crippen molar-refractivity contribution in [3.05, 3.63) is 48.6 Å². The molecule has 2 unspecified atom stereocenters. The molecular formula is C51H90O10. The van der Waals surface area contributed by atoms with Gasteiger partial charge in [-0.15, -0.1) is 0 Å². The van der Waals surface area contributed by atoms with Gasteiger partial charge in [-0.3, -0.25) is 9.59 Å². The van der Waals surface area contributed by atoms with Crippen molar-refractivity contribution in [1.29, 1.82) is 0 Å². The van der Waals surface area contributed by atoms with Crippen LogP contribution in [0.1, 0.15) is 206 Å². The number of hydrogen-bond donors (Lipinski definition) is 4. The first-order valence-corrected chi connectivity index (χ1v) is 24.7. The lowest BCUT2D eigenvalue weighted by atomic mass is 9.99. The van der Waals surface area contributed by atoms with E-state index in [4.69, 9.17) is 18.9 Å². The normalized spacial score (nSPS) is 20.1. The summed E-state index contributed by atoms with van der Waals surface area (Å²) in [6, 6.07) is 0. The molecule has 6 atom stereocenters. The lowest BCUT2D eigenvalue weighted by Crippen LogP contribution is -2.59. The van der Waals surface area contributed by atoms with E-state index in [9.17, 15) is 30.0 Å². The highest BCUT2D eigenvalue weighted by atomic mass is 16.7. The zero-order valence-electron chi connectivity index (χ0n) is 38.7. The summed E-state index contributed by atoms with van der Waals surface area (Å²) in [4.78, 5) is 25.4. The Labute approximate surface area is 371 Å². The van der Waals surface area contributed by atoms with Crippen molar-refractivity contribution >= 4 is 11.9 Å². The summed E-state index contributed by atoms with van der Waals surface area (Å²) in [5.41, 5.74) is 0. The maximum absolute atomic E-state index is 12.8. The van der Waals surface area contributed by atoms with Crippen molar-refractivity contribution in [2.24, 2.45) is 0 Å². The van der Waals surface area contributed by atoms with E-state index in [1.54, 1.807) is 0 Å². The molecule has 61 heavy (non-hydrogen) atoms. The number of aliphatic hydroxyl groups excluding tert-OH is 4. The van der Waals surface area contributed by atoms with Gasteiger partial charge in [-0.05, 0) is 70.6 Å². The van der Waals surface area contributed by atoms with E-state index in [0.29, 0.717) is 12.8 Å². The predicted octanol–water partition coefficient (Wildman–Crippen LogP) is 11.2. The number of hydrogen-bond acceptors (Lipinski definition) is 10. The average Bonchev–Trinajstić information content (AvgIpc) is 3.26. The van der Waals surface area contributed by atoms with Crippen LogP contribution in [0, 0.1) is 0 Å². The molecule has 354 valence electrons. The Morgan fingerprint density at radius 2 is 0.934 bits per heavy atom. The van der Waals surface area contributed by atoms with Gasteiger partial charge in [0.05, 0.1) is 13.2 Å². The summed E-state index contributed by atoms with van der Waals surface area (Å²) in [6.07, 6.45) is 42.6. The van der Waals surface area contributed by atoms with Gasteiger partial charge in [0.2, 0.25) is 0 Å². The molecule has 0 aliphatic carbocycles. The van der Waals surface area contributed by atoms with E-state index < -0.39 is 55.4 Å². The first-order chi connectivity index (χ1) is 29.8. The van der Waals surface area contributed by atoms with Gasteiger partial charge in [-0.1, -0.05) is 172 Å². The minimum atomic E-state index is -1.60. The topological polar surface area (TPSA) is 152 Å². The smallest absolute Gasteiger partial charge is 0.306 e. The molecule has 1 saturated heterocycles. The number of unbranched alkanes of at least 4 members (excludes halogenated alkanes) is 22. The Bertz CT molecular complexity index is 1130. The van der Waals surface area contributed by atoms with Crippen LogP contribution in [0.5, 0.6) is 0 Å². The summed E-state index contributed by atoms with van der Waals surface area (Å²) in [5.74, 6) is -0.862. The molecule has 10 heteroatoms. The Morgan fingerprint density at radius 1 is 0.508 bits per heavy atom. The second-order valence-electron chi connectivity index (χ2n) is 16.9. The molecule has 10 nitrogen and oxygen atoms in total. The van der Waals surface area contributed by atoms with E-state index in [1.165, 1.54) is 116 Å². The fourth-order valence-corrected chi connectivity index (χ4v) is 7.26. The number of aliphatic hydroxyl groups is 4. The van der Waals surface area contributed by atoms with Crippen molar-refractivity contribution in [3.8, 4) is 0 Å². The lowest BCUT2D eigenvalue weighted by Gasteiger charge is -2.39. The van der Waals surface area contributed by atoms with Gasteiger partial charge >= 0.3 is 11.9 Å². The van der Waals surface area contributed by atoms with Gasteiger partial charge in [0, 0.05) is 12.8 Å². The zero-order valence-corrected chi connectivity index (χ0v) is 38.7. The highest BCUT2D eigenvalue weighted by molar-refractivity contribution is 5.70. The fraction of sp³-hybridized carbons (Fsp3) is 0.804. The summed E-state index contributed by atoms with van der Waals surface area (Å²) in [6.45, 7) is 3.37. The van der Waals surface area contributed by atoms with Crippen LogP contribution in [0.2, 0.25) is 0 Å². The zero-order chi connectivity index (χ0) is 44.4. The molecule has 0 aromatic rings. The standard InChI is InChI=1S/C51H90O10/c1-3-5-7-9-11-13-15-17-19-21-22-24-25-27-29-31-33-35-37-39-46(53)58-42-44(43-59-51-50(57)49(56)48(55)45(41-52)61-51)60-47(54)40-38-36-34-32-30-28-26-23-20-18-16-14-12-10-8-6-4-2/h11,13,17,19,26,28,32,34,44-45,48-52,55-57H,3-10,12,14-16,18,20-25,27,29-31,33,35-43H2,1-2H3/b13-11+,19-17+,28-26+,34-32+/t44-,45-,48+,49?,50?,51-/m0/s1. The second kappa shape index (κ2) is 41.7. The summed E-state index contributed by atoms with van der Waals surface area (Å²) in [7, 11) is 0. The molecule has 1 aliphatic rings. The van der Waals surface area contributed by atoms with Crippen LogP contribution in [0.25, 0.3) is 0 Å². The van der Waals surface area contributed by atoms with Crippen LogP contribution in [-0.2, 0) is 28.5 Å². The molecule has 1 rings (SSSR count). The van der Waals surface area contributed by atoms with Gasteiger partial charge in [0.15, 0.2) is 12.4 Å². The Balaban J connectivity index is 2.31. The van der Waals surface area contributed by atoms with Crippen LogP contribution >= 0.6 is 0 Å². The molecule has 1 fully saturated rings. The van der Waals surface area contributed by atoms with E-state index in [-0.39, 0.29) is 26.1 Å². The van der Waals surface area contributed by atoms with Crippen molar-refractivity contribution < 1.29 is 49.0 Å². The first-order valence-electron chi connectivity index (χ1n) is 24.7. The number of esters is 2. The largest absolute Gasteiger partial charge is 0.462 e. The Hall–Kier alpha value is -2.34. The van der Waals surface area contributed by atoms with E-state index in [1.807, 2.05) is 0 Å². The summed E-state index contributed by atoms with van der Waals surface area (Å²) >= 11 is 0. The average molecular weight is 863 g/mol. The minimum Gasteiger partial charge on any atom is -0.462 e. The predicted molar refractivity (Wildman–Crippen MR) is 247 cm³/mol. The third-order valence-corrected chi connectivity index (χ3v) is 11.2. The molecule has 1 heterocycles. The molecule has 0 amide bonds. The molecular weight excluding hydrogens is 773 g/mol. The van der Waals surface area contributed by atoms with Gasteiger partial charge in [-0.25, -0.2) is 0 Å². The highest BCUT2D eigenvalue weighted by Gasteiger charge is 2.44. The Morgan fingerprint density at radius 3 is 1.44 bits per heavy atom. The number of carbonyl (C=O) groups excluding carboxylic acids is 2. The van der Waals surface area contributed by atoms with Crippen LogP contribution in [0.3, 0.4) is 0 Å². The van der Waals surface area contributed by atoms with E-state index >= 15 is 0 Å². The fourth-order valence-electron chi connectivity index (χ4n) is 7.26. The summed E-state index contributed by atoms with van der Waals surface area (Å²) in [5, 5.41) is 40.1. The number of rotatable bonds is 41. The van der Waals surface area contributed by atoms with Crippen molar-refractivity contribution in [3.63, 3.8) is 0 Å². The second-order valence-corrected chi connectivity index (χ2v) is 16.9. The molecule has 0 bridgehead atoms. The molecule has 0 aromatic heterocycles. The highest BCUT2D eigenvalue weighted by Crippen LogP contribution is 2.23. The number of carbonyl (C=O) groups is 2. The van der Waals surface area contributed by atoms with E-state index in [2.05, 4.69) is 62.5 Å². The third-order valence-electron chi connectivity index (χ3n) is 11.2.